The first kappa shape index (κ1) is 25.6. The van der Waals surface area contributed by atoms with Crippen molar-refractivity contribution in [2.45, 2.75) is 13.3 Å². The third-order valence-electron chi connectivity index (χ3n) is 4.76. The smallest absolute Gasteiger partial charge is 0.398 e. The molecule has 0 aliphatic carbocycles. The van der Waals surface area contributed by atoms with Crippen LogP contribution in [0.3, 0.4) is 0 Å². The Bertz CT molecular complexity index is 1300. The van der Waals surface area contributed by atoms with Gasteiger partial charge < -0.3 is 14.4 Å². The van der Waals surface area contributed by atoms with Crippen molar-refractivity contribution in [2.24, 2.45) is 0 Å². The summed E-state index contributed by atoms with van der Waals surface area (Å²) in [6, 6.07) is 8.70. The monoisotopic (exact) mass is 598 g/mol. The number of amides is 2. The van der Waals surface area contributed by atoms with Crippen LogP contribution in [-0.4, -0.2) is 6.03 Å². The summed E-state index contributed by atoms with van der Waals surface area (Å²) in [5.74, 6) is -0.208. The van der Waals surface area contributed by atoms with E-state index in [9.17, 15) is 9.36 Å². The third kappa shape index (κ3) is 5.19. The Kier molecular flexibility index (Phi) is 7.42. The van der Waals surface area contributed by atoms with Crippen LogP contribution in [0.4, 0.5) is 10.5 Å². The molecule has 0 spiro atoms. The topological polar surface area (TPSA) is 76.7 Å². The normalized spacial score (nSPS) is 14.0. The average Bonchev–Trinajstić information content (AvgIpc) is 2.75. The number of carbonyl (C=O) groups excluding carboxylic acids is 1. The summed E-state index contributed by atoms with van der Waals surface area (Å²) in [4.78, 5) is 12.7. The Morgan fingerprint density at radius 3 is 1.76 bits per heavy atom. The second-order valence-corrected chi connectivity index (χ2v) is 11.2. The fraction of sp³-hybridized carbons (Fsp3) is 0.0952. The van der Waals surface area contributed by atoms with Gasteiger partial charge in [-0.05, 0) is 31.2 Å². The molecule has 178 valence electrons. The van der Waals surface area contributed by atoms with Gasteiger partial charge in [0.1, 0.15) is 0 Å². The summed E-state index contributed by atoms with van der Waals surface area (Å²) in [6.07, 6.45) is -0.0154. The summed E-state index contributed by atoms with van der Waals surface area (Å²) in [5, 5.41) is 5.16. The highest BCUT2D eigenvalue weighted by molar-refractivity contribution is 7.53. The number of urea groups is 1. The summed E-state index contributed by atoms with van der Waals surface area (Å²) >= 11 is 37.9. The van der Waals surface area contributed by atoms with Gasteiger partial charge in [-0.3, -0.25) is 0 Å². The molecular weight excluding hydrogens is 588 g/mol. The molecule has 0 bridgehead atoms. The molecule has 1 heterocycles. The molecular formula is C21H13Cl6N2O4P. The van der Waals surface area contributed by atoms with E-state index in [2.05, 4.69) is 10.4 Å². The number of halogens is 6. The number of fused-ring (bicyclic) bond motifs is 2. The highest BCUT2D eigenvalue weighted by Crippen LogP contribution is 2.56. The molecule has 3 aromatic rings. The van der Waals surface area contributed by atoms with Gasteiger partial charge in [0.25, 0.3) is 0 Å². The average molecular weight is 601 g/mol. The van der Waals surface area contributed by atoms with Gasteiger partial charge in [0.05, 0.1) is 30.1 Å². The van der Waals surface area contributed by atoms with Crippen LogP contribution in [0.15, 0.2) is 36.4 Å². The van der Waals surface area contributed by atoms with Gasteiger partial charge in [-0.25, -0.2) is 14.4 Å². The van der Waals surface area contributed by atoms with Crippen molar-refractivity contribution >= 4 is 89.1 Å². The van der Waals surface area contributed by atoms with Gasteiger partial charge in [-0.1, -0.05) is 87.3 Å². The molecule has 0 saturated carbocycles. The zero-order chi connectivity index (χ0) is 24.8. The molecule has 0 unspecified atom stereocenters. The SMILES string of the molecule is Cc1ccc(NC(=O)NP2(=O)Oc3c(Cl)cc(Cl)c(Cl)c3Cc3c(Cl)c(Cl)cc(Cl)c3O2)cc1. The van der Waals surface area contributed by atoms with E-state index in [0.29, 0.717) is 5.69 Å². The standard InChI is InChI=1S/C21H13Cl6N2O4P/c1-9-2-4-10(5-3-9)28-21(30)29-34(31)32-19-11(17(26)13(22)7-15(19)24)6-12-18(27)14(23)8-16(25)20(12)33-34/h2-5,7-8H,6H2,1H3,(H2,28,29,30,31). The van der Waals surface area contributed by atoms with E-state index in [-0.39, 0.29) is 59.2 Å². The second kappa shape index (κ2) is 9.87. The zero-order valence-electron chi connectivity index (χ0n) is 17.0. The summed E-state index contributed by atoms with van der Waals surface area (Å²) in [6.45, 7) is 1.90. The van der Waals surface area contributed by atoms with Crippen molar-refractivity contribution in [1.82, 2.24) is 5.09 Å². The first-order valence-electron chi connectivity index (χ1n) is 9.45. The summed E-state index contributed by atoms with van der Waals surface area (Å²) < 4.78 is 25.1. The van der Waals surface area contributed by atoms with E-state index in [0.717, 1.165) is 5.56 Å². The molecule has 0 fully saturated rings. The molecule has 2 N–H and O–H groups in total. The van der Waals surface area contributed by atoms with Crippen molar-refractivity contribution in [1.29, 1.82) is 0 Å². The Morgan fingerprint density at radius 2 is 1.29 bits per heavy atom. The van der Waals surface area contributed by atoms with Gasteiger partial charge in [-0.15, -0.1) is 0 Å². The number of nitrogens with one attached hydrogen (secondary N) is 2. The summed E-state index contributed by atoms with van der Waals surface area (Å²) in [7, 11) is -4.51. The summed E-state index contributed by atoms with van der Waals surface area (Å²) in [5.41, 5.74) is 1.95. The predicted molar refractivity (Wildman–Crippen MR) is 138 cm³/mol. The van der Waals surface area contributed by atoms with Crippen LogP contribution in [0, 0.1) is 6.92 Å². The van der Waals surface area contributed by atoms with E-state index in [1.807, 2.05) is 6.92 Å². The Labute approximate surface area is 224 Å². The fourth-order valence-corrected chi connectivity index (χ4v) is 6.11. The van der Waals surface area contributed by atoms with Crippen LogP contribution in [0.5, 0.6) is 11.5 Å². The molecule has 2 amide bonds. The number of rotatable bonds is 2. The lowest BCUT2D eigenvalue weighted by Crippen LogP contribution is -2.30. The number of hydrogen-bond acceptors (Lipinski definition) is 4. The highest BCUT2D eigenvalue weighted by atomic mass is 35.5. The maximum absolute atomic E-state index is 13.8. The predicted octanol–water partition coefficient (Wildman–Crippen LogP) is 9.21. The lowest BCUT2D eigenvalue weighted by molar-refractivity contribution is 0.253. The largest absolute Gasteiger partial charge is 0.545 e. The molecule has 3 aromatic carbocycles. The molecule has 6 nitrogen and oxygen atoms in total. The molecule has 0 atom stereocenters. The fourth-order valence-electron chi connectivity index (χ4n) is 3.17. The van der Waals surface area contributed by atoms with E-state index in [1.165, 1.54) is 12.1 Å². The molecule has 34 heavy (non-hydrogen) atoms. The minimum atomic E-state index is -4.51. The minimum absolute atomic E-state index is 0.0123. The van der Waals surface area contributed by atoms with Crippen LogP contribution in [0.25, 0.3) is 0 Å². The Balaban J connectivity index is 1.81. The van der Waals surface area contributed by atoms with Crippen molar-refractivity contribution in [3.63, 3.8) is 0 Å². The van der Waals surface area contributed by atoms with Crippen LogP contribution in [-0.2, 0) is 11.0 Å². The first-order chi connectivity index (χ1) is 16.0. The number of aryl methyl sites for hydroxylation is 1. The maximum atomic E-state index is 13.8. The molecule has 1 aliphatic heterocycles. The van der Waals surface area contributed by atoms with Crippen LogP contribution >= 0.6 is 77.4 Å². The van der Waals surface area contributed by atoms with E-state index in [4.69, 9.17) is 78.7 Å². The van der Waals surface area contributed by atoms with Gasteiger partial charge >= 0.3 is 13.8 Å². The van der Waals surface area contributed by atoms with Gasteiger partial charge in [0.15, 0.2) is 11.5 Å². The van der Waals surface area contributed by atoms with Crippen LogP contribution in [0.2, 0.25) is 30.1 Å². The van der Waals surface area contributed by atoms with E-state index < -0.39 is 13.8 Å². The number of anilines is 1. The lowest BCUT2D eigenvalue weighted by Gasteiger charge is -2.27. The molecule has 4 rings (SSSR count). The van der Waals surface area contributed by atoms with E-state index in [1.54, 1.807) is 24.3 Å². The molecule has 0 radical (unpaired) electrons. The minimum Gasteiger partial charge on any atom is -0.398 e. The molecule has 1 aliphatic rings. The lowest BCUT2D eigenvalue weighted by atomic mass is 10.0. The number of carbonyl (C=O) groups is 1. The third-order valence-corrected chi connectivity index (χ3v) is 8.30. The van der Waals surface area contributed by atoms with E-state index >= 15 is 0 Å². The van der Waals surface area contributed by atoms with Gasteiger partial charge in [0.2, 0.25) is 0 Å². The van der Waals surface area contributed by atoms with Crippen molar-refractivity contribution < 1.29 is 18.4 Å². The highest BCUT2D eigenvalue weighted by Gasteiger charge is 2.38. The van der Waals surface area contributed by atoms with Crippen LogP contribution in [0.1, 0.15) is 16.7 Å². The van der Waals surface area contributed by atoms with Crippen molar-refractivity contribution in [3.8, 4) is 11.5 Å². The first-order valence-corrected chi connectivity index (χ1v) is 13.3. The Hall–Kier alpha value is -1.50. The van der Waals surface area contributed by atoms with Crippen LogP contribution < -0.4 is 19.5 Å². The van der Waals surface area contributed by atoms with Gasteiger partial charge in [0, 0.05) is 23.2 Å². The Morgan fingerprint density at radius 1 is 0.824 bits per heavy atom. The number of benzene rings is 3. The quantitative estimate of drug-likeness (QED) is 0.227. The molecule has 13 heteroatoms. The number of hydrogen-bond donors (Lipinski definition) is 2. The molecule has 0 aromatic heterocycles. The van der Waals surface area contributed by atoms with Crippen molar-refractivity contribution in [2.75, 3.05) is 5.32 Å². The van der Waals surface area contributed by atoms with Crippen molar-refractivity contribution in [3.05, 3.63) is 83.2 Å². The zero-order valence-corrected chi connectivity index (χ0v) is 22.4. The molecule has 0 saturated heterocycles. The maximum Gasteiger partial charge on any atom is 0.545 e. The van der Waals surface area contributed by atoms with Gasteiger partial charge in [-0.2, -0.15) is 0 Å². The second-order valence-electron chi connectivity index (χ2n) is 7.21.